The fourth-order valence-corrected chi connectivity index (χ4v) is 1.68. The number of benzene rings is 1. The zero-order chi connectivity index (χ0) is 12.3. The molecule has 0 radical (unpaired) electrons. The number of ether oxygens (including phenoxy) is 1. The van der Waals surface area contributed by atoms with Crippen molar-refractivity contribution in [2.75, 3.05) is 13.7 Å². The van der Waals surface area contributed by atoms with Gasteiger partial charge in [-0.3, -0.25) is 0 Å². The molecule has 0 aliphatic heterocycles. The molecule has 0 aliphatic carbocycles. The molecule has 0 spiro atoms. The minimum absolute atomic E-state index is 0.0390. The largest absolute Gasteiger partial charge is 0.504 e. The fraction of sp³-hybridized carbons (Fsp3) is 0.538. The standard InChI is InChI=1S/C13H20O3/c1-8(2)10-5-11(9(3)7-14)13(16-4)12(15)6-10/h5-6,8-9,14-15H,7H2,1-4H3. The van der Waals surface area contributed by atoms with Crippen LogP contribution >= 0.6 is 0 Å². The van der Waals surface area contributed by atoms with Gasteiger partial charge in [0, 0.05) is 18.1 Å². The molecule has 16 heavy (non-hydrogen) atoms. The van der Waals surface area contributed by atoms with Crippen LogP contribution in [0.4, 0.5) is 0 Å². The molecule has 2 N–H and O–H groups in total. The molecule has 1 unspecified atom stereocenters. The van der Waals surface area contributed by atoms with Crippen molar-refractivity contribution in [2.45, 2.75) is 32.6 Å². The lowest BCUT2D eigenvalue weighted by molar-refractivity contribution is 0.268. The van der Waals surface area contributed by atoms with E-state index < -0.39 is 0 Å². The Labute approximate surface area is 96.7 Å². The Morgan fingerprint density at radius 2 is 1.88 bits per heavy atom. The Hall–Kier alpha value is -1.22. The summed E-state index contributed by atoms with van der Waals surface area (Å²) in [4.78, 5) is 0. The summed E-state index contributed by atoms with van der Waals surface area (Å²) in [6.45, 7) is 6.07. The molecule has 1 aromatic carbocycles. The lowest BCUT2D eigenvalue weighted by Crippen LogP contribution is -2.04. The van der Waals surface area contributed by atoms with Crippen molar-refractivity contribution >= 4 is 0 Å². The van der Waals surface area contributed by atoms with E-state index in [1.54, 1.807) is 6.07 Å². The quantitative estimate of drug-likeness (QED) is 0.826. The maximum atomic E-state index is 9.86. The number of hydrogen-bond donors (Lipinski definition) is 2. The summed E-state index contributed by atoms with van der Waals surface area (Å²) in [5.74, 6) is 0.899. The highest BCUT2D eigenvalue weighted by Gasteiger charge is 2.16. The second-order valence-corrected chi connectivity index (χ2v) is 4.40. The highest BCUT2D eigenvalue weighted by molar-refractivity contribution is 5.50. The Morgan fingerprint density at radius 3 is 2.31 bits per heavy atom. The molecule has 0 aliphatic rings. The van der Waals surface area contributed by atoms with E-state index in [9.17, 15) is 10.2 Å². The highest BCUT2D eigenvalue weighted by Crippen LogP contribution is 2.37. The molecule has 3 nitrogen and oxygen atoms in total. The van der Waals surface area contributed by atoms with Crippen LogP contribution in [0.25, 0.3) is 0 Å². The van der Waals surface area contributed by atoms with Crippen molar-refractivity contribution in [1.29, 1.82) is 0 Å². The van der Waals surface area contributed by atoms with Crippen LogP contribution in [0.5, 0.6) is 11.5 Å². The van der Waals surface area contributed by atoms with Crippen LogP contribution in [-0.2, 0) is 0 Å². The number of aromatic hydroxyl groups is 1. The van der Waals surface area contributed by atoms with Crippen LogP contribution in [0.15, 0.2) is 12.1 Å². The maximum Gasteiger partial charge on any atom is 0.164 e. The van der Waals surface area contributed by atoms with Crippen molar-refractivity contribution in [3.8, 4) is 11.5 Å². The maximum absolute atomic E-state index is 9.86. The molecule has 3 heteroatoms. The summed E-state index contributed by atoms with van der Waals surface area (Å²) in [7, 11) is 1.53. The lowest BCUT2D eigenvalue weighted by Gasteiger charge is -2.17. The molecule has 1 aromatic rings. The van der Waals surface area contributed by atoms with E-state index in [0.717, 1.165) is 11.1 Å². The van der Waals surface area contributed by atoms with Crippen molar-refractivity contribution in [1.82, 2.24) is 0 Å². The van der Waals surface area contributed by atoms with Crippen LogP contribution in [0.2, 0.25) is 0 Å². The molecule has 0 bridgehead atoms. The first-order chi connectivity index (χ1) is 7.51. The zero-order valence-corrected chi connectivity index (χ0v) is 10.3. The van der Waals surface area contributed by atoms with Gasteiger partial charge in [-0.1, -0.05) is 26.8 Å². The summed E-state index contributed by atoms with van der Waals surface area (Å²) in [5.41, 5.74) is 1.90. The normalized spacial score (nSPS) is 12.9. The van der Waals surface area contributed by atoms with Gasteiger partial charge in [-0.05, 0) is 17.5 Å². The van der Waals surface area contributed by atoms with Gasteiger partial charge in [0.25, 0.3) is 0 Å². The molecule has 1 atom stereocenters. The fourth-order valence-electron chi connectivity index (χ4n) is 1.68. The van der Waals surface area contributed by atoms with Crippen molar-refractivity contribution in [2.24, 2.45) is 0 Å². The monoisotopic (exact) mass is 224 g/mol. The molecular weight excluding hydrogens is 204 g/mol. The van der Waals surface area contributed by atoms with Crippen LogP contribution in [0.3, 0.4) is 0 Å². The van der Waals surface area contributed by atoms with E-state index in [0.29, 0.717) is 11.7 Å². The minimum Gasteiger partial charge on any atom is -0.504 e. The van der Waals surface area contributed by atoms with E-state index in [2.05, 4.69) is 13.8 Å². The number of aliphatic hydroxyl groups is 1. The number of phenols is 1. The predicted molar refractivity (Wildman–Crippen MR) is 64.2 cm³/mol. The van der Waals surface area contributed by atoms with E-state index in [1.807, 2.05) is 13.0 Å². The average molecular weight is 224 g/mol. The van der Waals surface area contributed by atoms with Gasteiger partial charge < -0.3 is 14.9 Å². The molecule has 90 valence electrons. The van der Waals surface area contributed by atoms with Crippen molar-refractivity contribution < 1.29 is 14.9 Å². The molecular formula is C13H20O3. The second-order valence-electron chi connectivity index (χ2n) is 4.40. The Bertz CT molecular complexity index is 358. The predicted octanol–water partition coefficient (Wildman–Crippen LogP) is 2.62. The van der Waals surface area contributed by atoms with E-state index in [4.69, 9.17) is 4.74 Å². The first-order valence-electron chi connectivity index (χ1n) is 5.52. The van der Waals surface area contributed by atoms with Gasteiger partial charge in [0.1, 0.15) is 0 Å². The summed E-state index contributed by atoms with van der Waals surface area (Å²) < 4.78 is 5.17. The summed E-state index contributed by atoms with van der Waals surface area (Å²) in [6, 6.07) is 3.71. The topological polar surface area (TPSA) is 49.7 Å². The molecule has 0 fully saturated rings. The number of aliphatic hydroxyl groups excluding tert-OH is 1. The van der Waals surface area contributed by atoms with Gasteiger partial charge in [0.05, 0.1) is 7.11 Å². The zero-order valence-electron chi connectivity index (χ0n) is 10.3. The van der Waals surface area contributed by atoms with Gasteiger partial charge in [0.15, 0.2) is 11.5 Å². The molecule has 1 rings (SSSR count). The molecule has 0 amide bonds. The number of rotatable bonds is 4. The SMILES string of the molecule is COc1c(O)cc(C(C)C)cc1C(C)CO. The van der Waals surface area contributed by atoms with Gasteiger partial charge in [-0.25, -0.2) is 0 Å². The molecule has 0 heterocycles. The van der Waals surface area contributed by atoms with Crippen molar-refractivity contribution in [3.05, 3.63) is 23.3 Å². The van der Waals surface area contributed by atoms with Crippen molar-refractivity contribution in [3.63, 3.8) is 0 Å². The smallest absolute Gasteiger partial charge is 0.164 e. The second kappa shape index (κ2) is 5.21. The third kappa shape index (κ3) is 2.47. The van der Waals surface area contributed by atoms with Gasteiger partial charge in [-0.15, -0.1) is 0 Å². The summed E-state index contributed by atoms with van der Waals surface area (Å²) >= 11 is 0. The number of methoxy groups -OCH3 is 1. The van der Waals surface area contributed by atoms with Gasteiger partial charge in [-0.2, -0.15) is 0 Å². The lowest BCUT2D eigenvalue weighted by atomic mass is 9.94. The minimum atomic E-state index is -0.0421. The average Bonchev–Trinajstić information content (AvgIpc) is 2.26. The van der Waals surface area contributed by atoms with E-state index in [1.165, 1.54) is 7.11 Å². The number of hydrogen-bond acceptors (Lipinski definition) is 3. The molecule has 0 aromatic heterocycles. The third-order valence-corrected chi connectivity index (χ3v) is 2.80. The van der Waals surface area contributed by atoms with Gasteiger partial charge in [0.2, 0.25) is 0 Å². The van der Waals surface area contributed by atoms with Crippen LogP contribution in [0.1, 0.15) is 43.7 Å². The Morgan fingerprint density at radius 1 is 1.25 bits per heavy atom. The highest BCUT2D eigenvalue weighted by atomic mass is 16.5. The van der Waals surface area contributed by atoms with E-state index >= 15 is 0 Å². The Kier molecular flexibility index (Phi) is 4.19. The summed E-state index contributed by atoms with van der Waals surface area (Å²) in [5, 5.41) is 19.1. The van der Waals surface area contributed by atoms with Crippen LogP contribution in [-0.4, -0.2) is 23.9 Å². The van der Waals surface area contributed by atoms with Crippen LogP contribution < -0.4 is 4.74 Å². The first-order valence-corrected chi connectivity index (χ1v) is 5.52. The summed E-state index contributed by atoms with van der Waals surface area (Å²) in [6.07, 6.45) is 0. The van der Waals surface area contributed by atoms with Crippen LogP contribution in [0, 0.1) is 0 Å². The Balaban J connectivity index is 3.30. The first kappa shape index (κ1) is 12.8. The molecule has 0 saturated carbocycles. The number of phenolic OH excluding ortho intramolecular Hbond substituents is 1. The third-order valence-electron chi connectivity index (χ3n) is 2.80. The molecule has 0 saturated heterocycles. The van der Waals surface area contributed by atoms with E-state index in [-0.39, 0.29) is 18.3 Å². The van der Waals surface area contributed by atoms with Gasteiger partial charge >= 0.3 is 0 Å².